The predicted molar refractivity (Wildman–Crippen MR) is 74.4 cm³/mol. The molecule has 2 heterocycles. The number of hydrogen-bond acceptors (Lipinski definition) is 5. The average molecular weight is 265 g/mol. The zero-order chi connectivity index (χ0) is 12.3. The third kappa shape index (κ3) is 3.44. The molecule has 0 spiro atoms. The number of thiazole rings is 1. The third-order valence-electron chi connectivity index (χ3n) is 2.19. The van der Waals surface area contributed by atoms with Crippen LogP contribution in [0.4, 0.5) is 5.69 Å². The van der Waals surface area contributed by atoms with E-state index in [0.717, 1.165) is 16.5 Å². The summed E-state index contributed by atoms with van der Waals surface area (Å²) < 4.78 is 0. The quantitative estimate of drug-likeness (QED) is 0.859. The zero-order valence-corrected chi connectivity index (χ0v) is 11.5. The van der Waals surface area contributed by atoms with Gasteiger partial charge in [0, 0.05) is 17.1 Å². The van der Waals surface area contributed by atoms with Crippen LogP contribution in [0.5, 0.6) is 0 Å². The number of nitrogens with zero attached hydrogens (tertiary/aromatic N) is 2. The van der Waals surface area contributed by atoms with Gasteiger partial charge in [-0.2, -0.15) is 0 Å². The van der Waals surface area contributed by atoms with E-state index in [4.69, 9.17) is 5.73 Å². The van der Waals surface area contributed by atoms with Gasteiger partial charge in [0.2, 0.25) is 0 Å². The van der Waals surface area contributed by atoms with Crippen LogP contribution in [-0.4, -0.2) is 9.97 Å². The fraction of sp³-hybridized carbons (Fsp3) is 0.333. The molecule has 0 unspecified atom stereocenters. The molecule has 3 nitrogen and oxygen atoms in total. The van der Waals surface area contributed by atoms with Crippen LogP contribution in [0.25, 0.3) is 0 Å². The Hall–Kier alpha value is -1.07. The lowest BCUT2D eigenvalue weighted by molar-refractivity contribution is 0.846. The fourth-order valence-corrected chi connectivity index (χ4v) is 2.95. The van der Waals surface area contributed by atoms with E-state index in [1.165, 1.54) is 5.01 Å². The number of nitrogens with two attached hydrogens (primary N) is 1. The van der Waals surface area contributed by atoms with E-state index in [2.05, 4.69) is 29.2 Å². The van der Waals surface area contributed by atoms with Gasteiger partial charge in [0.15, 0.2) is 0 Å². The van der Waals surface area contributed by atoms with Gasteiger partial charge in [0.1, 0.15) is 0 Å². The van der Waals surface area contributed by atoms with Gasteiger partial charge in [0.05, 0.1) is 27.6 Å². The van der Waals surface area contributed by atoms with Gasteiger partial charge in [-0.1, -0.05) is 13.8 Å². The molecule has 2 aromatic heterocycles. The number of thioether (sulfide) groups is 1. The summed E-state index contributed by atoms with van der Waals surface area (Å²) in [6.07, 6.45) is 1.68. The molecule has 2 aromatic rings. The van der Waals surface area contributed by atoms with Crippen molar-refractivity contribution < 1.29 is 0 Å². The summed E-state index contributed by atoms with van der Waals surface area (Å²) in [4.78, 5) is 8.84. The minimum Gasteiger partial charge on any atom is -0.397 e. The maximum Gasteiger partial charge on any atom is 0.0965 e. The molecule has 2 N–H and O–H groups in total. The largest absolute Gasteiger partial charge is 0.397 e. The maximum absolute atomic E-state index is 5.59. The first-order valence-electron chi connectivity index (χ1n) is 5.44. The molecule has 0 aliphatic heterocycles. The van der Waals surface area contributed by atoms with Crippen LogP contribution >= 0.6 is 23.1 Å². The lowest BCUT2D eigenvalue weighted by Crippen LogP contribution is -1.89. The Balaban J connectivity index is 1.95. The lowest BCUT2D eigenvalue weighted by atomic mass is 10.2. The maximum atomic E-state index is 5.59. The zero-order valence-electron chi connectivity index (χ0n) is 9.88. The molecule has 0 aromatic carbocycles. The van der Waals surface area contributed by atoms with Crippen molar-refractivity contribution in [1.29, 1.82) is 0 Å². The van der Waals surface area contributed by atoms with Crippen molar-refractivity contribution in [2.45, 2.75) is 30.5 Å². The Morgan fingerprint density at radius 1 is 1.41 bits per heavy atom. The highest BCUT2D eigenvalue weighted by molar-refractivity contribution is 7.98. The number of aromatic nitrogens is 2. The SMILES string of the molecule is CC(C)c1nc(CSc2ccc(N)cn2)cs1. The van der Waals surface area contributed by atoms with Gasteiger partial charge in [-0.15, -0.1) is 23.1 Å². The second-order valence-electron chi connectivity index (χ2n) is 4.05. The molecule has 17 heavy (non-hydrogen) atoms. The Labute approximate surface area is 109 Å². The molecular weight excluding hydrogens is 250 g/mol. The molecule has 0 saturated heterocycles. The van der Waals surface area contributed by atoms with Crippen LogP contribution in [0.3, 0.4) is 0 Å². The molecule has 0 radical (unpaired) electrons. The molecule has 90 valence electrons. The van der Waals surface area contributed by atoms with Crippen molar-refractivity contribution in [3.8, 4) is 0 Å². The molecule has 0 aliphatic rings. The van der Waals surface area contributed by atoms with E-state index in [9.17, 15) is 0 Å². The van der Waals surface area contributed by atoms with Crippen molar-refractivity contribution in [1.82, 2.24) is 9.97 Å². The molecular formula is C12H15N3S2. The van der Waals surface area contributed by atoms with Crippen LogP contribution < -0.4 is 5.73 Å². The number of anilines is 1. The molecule has 0 bridgehead atoms. The number of hydrogen-bond donors (Lipinski definition) is 1. The minimum atomic E-state index is 0.508. The van der Waals surface area contributed by atoms with E-state index >= 15 is 0 Å². The molecule has 5 heteroatoms. The molecule has 0 atom stereocenters. The second-order valence-corrected chi connectivity index (χ2v) is 5.94. The van der Waals surface area contributed by atoms with Gasteiger partial charge in [-0.25, -0.2) is 9.97 Å². The smallest absolute Gasteiger partial charge is 0.0965 e. The van der Waals surface area contributed by atoms with Gasteiger partial charge >= 0.3 is 0 Å². The number of rotatable bonds is 4. The van der Waals surface area contributed by atoms with Crippen LogP contribution in [0.1, 0.15) is 30.5 Å². The summed E-state index contributed by atoms with van der Waals surface area (Å²) in [7, 11) is 0. The summed E-state index contributed by atoms with van der Waals surface area (Å²) in [6.45, 7) is 4.33. The van der Waals surface area contributed by atoms with Gasteiger partial charge in [-0.3, -0.25) is 0 Å². The van der Waals surface area contributed by atoms with Crippen molar-refractivity contribution in [2.24, 2.45) is 0 Å². The first kappa shape index (κ1) is 12.4. The van der Waals surface area contributed by atoms with Crippen LogP contribution in [0.2, 0.25) is 0 Å². The summed E-state index contributed by atoms with van der Waals surface area (Å²) in [6, 6.07) is 3.81. The minimum absolute atomic E-state index is 0.508. The van der Waals surface area contributed by atoms with Crippen molar-refractivity contribution in [3.63, 3.8) is 0 Å². The van der Waals surface area contributed by atoms with E-state index < -0.39 is 0 Å². The molecule has 0 fully saturated rings. The third-order valence-corrected chi connectivity index (χ3v) is 4.36. The second kappa shape index (κ2) is 5.51. The number of nitrogen functional groups attached to an aromatic ring is 1. The fourth-order valence-electron chi connectivity index (χ4n) is 1.28. The first-order chi connectivity index (χ1) is 8.15. The van der Waals surface area contributed by atoms with E-state index in [1.807, 2.05) is 12.1 Å². The standard InChI is InChI=1S/C12H15N3S2/c1-8(2)12-15-10(7-17-12)6-16-11-4-3-9(13)5-14-11/h3-5,7-8H,6,13H2,1-2H3. The Morgan fingerprint density at radius 3 is 2.82 bits per heavy atom. The normalized spacial score (nSPS) is 11.0. The average Bonchev–Trinajstić information content (AvgIpc) is 2.77. The Kier molecular flexibility index (Phi) is 4.02. The van der Waals surface area contributed by atoms with E-state index in [-0.39, 0.29) is 0 Å². The highest BCUT2D eigenvalue weighted by Gasteiger charge is 2.06. The molecule has 2 rings (SSSR count). The van der Waals surface area contributed by atoms with Crippen molar-refractivity contribution in [3.05, 3.63) is 34.4 Å². The Bertz CT molecular complexity index is 477. The predicted octanol–water partition coefficient (Wildman–Crippen LogP) is 3.54. The Morgan fingerprint density at radius 2 is 2.24 bits per heavy atom. The summed E-state index contributed by atoms with van der Waals surface area (Å²) in [5.74, 6) is 1.37. The van der Waals surface area contributed by atoms with Gasteiger partial charge in [-0.05, 0) is 12.1 Å². The lowest BCUT2D eigenvalue weighted by Gasteiger charge is -1.99. The van der Waals surface area contributed by atoms with Crippen LogP contribution in [0, 0.1) is 0 Å². The summed E-state index contributed by atoms with van der Waals surface area (Å²) >= 11 is 3.42. The van der Waals surface area contributed by atoms with Crippen molar-refractivity contribution >= 4 is 28.8 Å². The molecule has 0 aliphatic carbocycles. The number of pyridine rings is 1. The molecule has 0 amide bonds. The van der Waals surface area contributed by atoms with E-state index in [0.29, 0.717) is 11.6 Å². The summed E-state index contributed by atoms with van der Waals surface area (Å²) in [5.41, 5.74) is 7.41. The van der Waals surface area contributed by atoms with Crippen LogP contribution in [0.15, 0.2) is 28.7 Å². The first-order valence-corrected chi connectivity index (χ1v) is 7.30. The van der Waals surface area contributed by atoms with Gasteiger partial charge in [0.25, 0.3) is 0 Å². The molecule has 0 saturated carbocycles. The topological polar surface area (TPSA) is 51.8 Å². The monoisotopic (exact) mass is 265 g/mol. The van der Waals surface area contributed by atoms with Crippen LogP contribution in [-0.2, 0) is 5.75 Å². The van der Waals surface area contributed by atoms with E-state index in [1.54, 1.807) is 29.3 Å². The highest BCUT2D eigenvalue weighted by atomic mass is 32.2. The highest BCUT2D eigenvalue weighted by Crippen LogP contribution is 2.25. The summed E-state index contributed by atoms with van der Waals surface area (Å²) in [5, 5.41) is 4.31. The van der Waals surface area contributed by atoms with Gasteiger partial charge < -0.3 is 5.73 Å². The van der Waals surface area contributed by atoms with Crippen molar-refractivity contribution in [2.75, 3.05) is 5.73 Å².